The molecule has 2 heterocycles. The first kappa shape index (κ1) is 13.5. The fraction of sp³-hybridized carbons (Fsp3) is 0.231. The summed E-state index contributed by atoms with van der Waals surface area (Å²) in [5.41, 5.74) is 1.50. The van der Waals surface area contributed by atoms with Crippen LogP contribution in [0.3, 0.4) is 0 Å². The van der Waals surface area contributed by atoms with Crippen LogP contribution < -0.4 is 0 Å². The van der Waals surface area contributed by atoms with Gasteiger partial charge in [0, 0.05) is 27.5 Å². The minimum Gasteiger partial charge on any atom is -0.478 e. The Hall–Kier alpha value is -1.47. The standard InChI is InChI=1S/C13H10BrNO4S/c14-9-3-1-2-7-11(13(16)17)8-6-20(18,19)5-4-10(8)15-12(7)9/h1-3H,4-6H2,(H,16,17). The van der Waals surface area contributed by atoms with Crippen LogP contribution in [0.25, 0.3) is 10.9 Å². The van der Waals surface area contributed by atoms with E-state index >= 15 is 0 Å². The van der Waals surface area contributed by atoms with Crippen molar-refractivity contribution in [2.45, 2.75) is 12.2 Å². The van der Waals surface area contributed by atoms with Gasteiger partial charge in [-0.05, 0) is 22.0 Å². The van der Waals surface area contributed by atoms with E-state index < -0.39 is 15.8 Å². The summed E-state index contributed by atoms with van der Waals surface area (Å²) in [6, 6.07) is 5.15. The quantitative estimate of drug-likeness (QED) is 0.847. The summed E-state index contributed by atoms with van der Waals surface area (Å²) in [4.78, 5) is 16.0. The number of carboxylic acids is 1. The van der Waals surface area contributed by atoms with E-state index in [0.29, 0.717) is 26.6 Å². The molecule has 104 valence electrons. The molecule has 0 saturated heterocycles. The molecule has 0 atom stereocenters. The lowest BCUT2D eigenvalue weighted by atomic mass is 10.00. The van der Waals surface area contributed by atoms with E-state index in [1.165, 1.54) is 0 Å². The predicted molar refractivity (Wildman–Crippen MR) is 77.6 cm³/mol. The molecule has 1 N–H and O–H groups in total. The highest BCUT2D eigenvalue weighted by Gasteiger charge is 2.29. The molecule has 1 aromatic carbocycles. The number of benzene rings is 1. The van der Waals surface area contributed by atoms with Crippen LogP contribution in [0.15, 0.2) is 22.7 Å². The van der Waals surface area contributed by atoms with Gasteiger partial charge < -0.3 is 5.11 Å². The number of para-hydroxylation sites is 1. The van der Waals surface area contributed by atoms with Crippen molar-refractivity contribution < 1.29 is 18.3 Å². The Kier molecular flexibility index (Phi) is 3.06. The van der Waals surface area contributed by atoms with Gasteiger partial charge in [0.25, 0.3) is 0 Å². The van der Waals surface area contributed by atoms with Gasteiger partial charge >= 0.3 is 5.97 Å². The van der Waals surface area contributed by atoms with Crippen LogP contribution in [0.5, 0.6) is 0 Å². The fourth-order valence-corrected chi connectivity index (χ4v) is 4.35. The Morgan fingerprint density at radius 2 is 2.10 bits per heavy atom. The molecule has 1 aromatic heterocycles. The lowest BCUT2D eigenvalue weighted by molar-refractivity contribution is 0.0698. The molecule has 5 nitrogen and oxygen atoms in total. The predicted octanol–water partition coefficient (Wildman–Crippen LogP) is 2.17. The van der Waals surface area contributed by atoms with Gasteiger partial charge in [-0.3, -0.25) is 4.98 Å². The Bertz CT molecular complexity index is 845. The molecule has 1 aliphatic rings. The van der Waals surface area contributed by atoms with Crippen LogP contribution in [-0.4, -0.2) is 30.2 Å². The van der Waals surface area contributed by atoms with Crippen LogP contribution in [-0.2, 0) is 22.0 Å². The number of carbonyl (C=O) groups is 1. The zero-order valence-electron chi connectivity index (χ0n) is 10.3. The highest BCUT2D eigenvalue weighted by Crippen LogP contribution is 2.32. The molecule has 0 spiro atoms. The van der Waals surface area contributed by atoms with Gasteiger partial charge in [0.05, 0.1) is 22.6 Å². The third-order valence-corrected chi connectivity index (χ3v) is 5.58. The van der Waals surface area contributed by atoms with Crippen LogP contribution in [0.1, 0.15) is 21.6 Å². The first-order valence-corrected chi connectivity index (χ1v) is 8.54. The summed E-state index contributed by atoms with van der Waals surface area (Å²) in [5, 5.41) is 9.92. The number of aromatic carboxylic acids is 1. The molecule has 0 aliphatic carbocycles. The first-order chi connectivity index (χ1) is 9.39. The summed E-state index contributed by atoms with van der Waals surface area (Å²) < 4.78 is 24.2. The molecular weight excluding hydrogens is 346 g/mol. The zero-order chi connectivity index (χ0) is 14.5. The van der Waals surface area contributed by atoms with Gasteiger partial charge in [-0.1, -0.05) is 12.1 Å². The van der Waals surface area contributed by atoms with Gasteiger partial charge in [-0.25, -0.2) is 13.2 Å². The lowest BCUT2D eigenvalue weighted by Gasteiger charge is -2.19. The fourth-order valence-electron chi connectivity index (χ4n) is 2.49. The van der Waals surface area contributed by atoms with E-state index in [4.69, 9.17) is 0 Å². The lowest BCUT2D eigenvalue weighted by Crippen LogP contribution is -2.23. The number of pyridine rings is 1. The highest BCUT2D eigenvalue weighted by atomic mass is 79.9. The van der Waals surface area contributed by atoms with Gasteiger partial charge in [-0.2, -0.15) is 0 Å². The second kappa shape index (κ2) is 4.53. The first-order valence-electron chi connectivity index (χ1n) is 5.93. The number of rotatable bonds is 1. The van der Waals surface area contributed by atoms with Crippen molar-refractivity contribution in [3.63, 3.8) is 0 Å². The minimum absolute atomic E-state index is 0.0159. The largest absolute Gasteiger partial charge is 0.478 e. The van der Waals surface area contributed by atoms with Crippen molar-refractivity contribution in [3.8, 4) is 0 Å². The SMILES string of the molecule is O=C(O)c1c2c(nc3c(Br)cccc13)CCS(=O)(=O)C2. The van der Waals surface area contributed by atoms with Crippen LogP contribution >= 0.6 is 15.9 Å². The molecular formula is C13H10BrNO4S. The minimum atomic E-state index is -3.25. The van der Waals surface area contributed by atoms with Crippen molar-refractivity contribution >= 4 is 42.6 Å². The smallest absolute Gasteiger partial charge is 0.336 e. The molecule has 20 heavy (non-hydrogen) atoms. The molecule has 0 unspecified atom stereocenters. The number of nitrogens with zero attached hydrogens (tertiary/aromatic N) is 1. The Balaban J connectivity index is 2.44. The number of sulfone groups is 1. The zero-order valence-corrected chi connectivity index (χ0v) is 12.7. The number of fused-ring (bicyclic) bond motifs is 2. The molecule has 2 aromatic rings. The summed E-state index contributed by atoms with van der Waals surface area (Å²) in [6.07, 6.45) is 0.259. The number of halogens is 1. The second-order valence-corrected chi connectivity index (χ2v) is 7.73. The van der Waals surface area contributed by atoms with E-state index in [2.05, 4.69) is 20.9 Å². The van der Waals surface area contributed by atoms with Gasteiger partial charge in [0.2, 0.25) is 0 Å². The van der Waals surface area contributed by atoms with Crippen molar-refractivity contribution in [3.05, 3.63) is 39.5 Å². The Morgan fingerprint density at radius 3 is 2.80 bits per heavy atom. The van der Waals surface area contributed by atoms with Crippen LogP contribution in [0.4, 0.5) is 0 Å². The molecule has 1 aliphatic heterocycles. The molecule has 0 amide bonds. The van der Waals surface area contributed by atoms with Gasteiger partial charge in [-0.15, -0.1) is 0 Å². The summed E-state index contributed by atoms with van der Waals surface area (Å²) in [6.45, 7) is 0. The highest BCUT2D eigenvalue weighted by molar-refractivity contribution is 9.10. The third-order valence-electron chi connectivity index (χ3n) is 3.38. The average molecular weight is 356 g/mol. The summed E-state index contributed by atoms with van der Waals surface area (Å²) >= 11 is 3.36. The van der Waals surface area contributed by atoms with E-state index in [9.17, 15) is 18.3 Å². The number of carboxylic acid groups (broad SMARTS) is 1. The van der Waals surface area contributed by atoms with Crippen LogP contribution in [0.2, 0.25) is 0 Å². The third kappa shape index (κ3) is 2.10. The van der Waals surface area contributed by atoms with Crippen molar-refractivity contribution in [2.24, 2.45) is 0 Å². The van der Waals surface area contributed by atoms with Gasteiger partial charge in [0.15, 0.2) is 9.84 Å². The van der Waals surface area contributed by atoms with Gasteiger partial charge in [0.1, 0.15) is 0 Å². The molecule has 0 radical (unpaired) electrons. The monoisotopic (exact) mass is 355 g/mol. The second-order valence-electron chi connectivity index (χ2n) is 4.70. The van der Waals surface area contributed by atoms with Crippen molar-refractivity contribution in [2.75, 3.05) is 5.75 Å². The number of aromatic nitrogens is 1. The summed E-state index contributed by atoms with van der Waals surface area (Å²) in [7, 11) is -3.25. The van der Waals surface area contributed by atoms with E-state index in [1.54, 1.807) is 18.2 Å². The molecule has 3 rings (SSSR count). The molecule has 7 heteroatoms. The number of hydrogen-bond acceptors (Lipinski definition) is 4. The van der Waals surface area contributed by atoms with E-state index in [0.717, 1.165) is 0 Å². The number of aryl methyl sites for hydroxylation is 1. The van der Waals surface area contributed by atoms with Crippen LogP contribution in [0, 0.1) is 0 Å². The van der Waals surface area contributed by atoms with Crippen molar-refractivity contribution in [1.29, 1.82) is 0 Å². The Morgan fingerprint density at radius 1 is 1.35 bits per heavy atom. The number of hydrogen-bond donors (Lipinski definition) is 1. The maximum absolute atomic E-state index is 11.8. The maximum atomic E-state index is 11.8. The maximum Gasteiger partial charge on any atom is 0.336 e. The molecule has 0 saturated carbocycles. The van der Waals surface area contributed by atoms with E-state index in [1.807, 2.05) is 0 Å². The Labute approximate surface area is 123 Å². The average Bonchev–Trinajstić information content (AvgIpc) is 2.35. The summed E-state index contributed by atoms with van der Waals surface area (Å²) in [5.74, 6) is -1.36. The van der Waals surface area contributed by atoms with Crippen molar-refractivity contribution in [1.82, 2.24) is 4.98 Å². The normalized spacial score (nSPS) is 16.9. The molecule has 0 fully saturated rings. The molecule has 0 bridgehead atoms. The topological polar surface area (TPSA) is 84.3 Å². The van der Waals surface area contributed by atoms with E-state index in [-0.39, 0.29) is 23.5 Å².